The van der Waals surface area contributed by atoms with E-state index in [4.69, 9.17) is 4.74 Å². The van der Waals surface area contributed by atoms with Crippen LogP contribution in [0, 0.1) is 0 Å². The van der Waals surface area contributed by atoms with Crippen LogP contribution in [0.15, 0.2) is 12.7 Å². The fourth-order valence-electron chi connectivity index (χ4n) is 0.950. The summed E-state index contributed by atoms with van der Waals surface area (Å²) >= 11 is 0. The molecule has 0 aromatic rings. The van der Waals surface area contributed by atoms with Crippen LogP contribution in [-0.4, -0.2) is 29.7 Å². The molecule has 0 bridgehead atoms. The van der Waals surface area contributed by atoms with E-state index in [-0.39, 0.29) is 0 Å². The zero-order valence-corrected chi connectivity index (χ0v) is 11.2. The standard InChI is InChI=1S/C12H22N2O3/c1-7-8-13-10(16)14-12(5,6)9(15)17-11(2,3)4/h7H,1,8H2,2-6H3,(H2,13,14,16). The van der Waals surface area contributed by atoms with E-state index in [1.807, 2.05) is 0 Å². The molecule has 17 heavy (non-hydrogen) atoms. The molecule has 0 aliphatic heterocycles. The van der Waals surface area contributed by atoms with Gasteiger partial charge in [0.2, 0.25) is 0 Å². The van der Waals surface area contributed by atoms with Crippen molar-refractivity contribution < 1.29 is 14.3 Å². The summed E-state index contributed by atoms with van der Waals surface area (Å²) in [5.74, 6) is -0.473. The quantitative estimate of drug-likeness (QED) is 0.581. The van der Waals surface area contributed by atoms with Crippen molar-refractivity contribution in [3.05, 3.63) is 12.7 Å². The fraction of sp³-hybridized carbons (Fsp3) is 0.667. The van der Waals surface area contributed by atoms with Gasteiger partial charge in [-0.15, -0.1) is 6.58 Å². The van der Waals surface area contributed by atoms with Crippen molar-refractivity contribution in [2.75, 3.05) is 6.54 Å². The Morgan fingerprint density at radius 2 is 1.76 bits per heavy atom. The lowest BCUT2D eigenvalue weighted by Gasteiger charge is -2.29. The van der Waals surface area contributed by atoms with Crippen molar-refractivity contribution in [3.63, 3.8) is 0 Å². The lowest BCUT2D eigenvalue weighted by molar-refractivity contribution is -0.161. The highest BCUT2D eigenvalue weighted by Gasteiger charge is 2.33. The first-order chi connectivity index (χ1) is 7.58. The lowest BCUT2D eigenvalue weighted by Crippen LogP contribution is -2.55. The van der Waals surface area contributed by atoms with Crippen LogP contribution in [0.1, 0.15) is 34.6 Å². The predicted octanol–water partition coefficient (Wildman–Crippen LogP) is 1.59. The molecule has 0 aromatic heterocycles. The molecule has 0 spiro atoms. The molecule has 0 rings (SSSR count). The van der Waals surface area contributed by atoms with Crippen LogP contribution in [0.25, 0.3) is 0 Å². The molecule has 2 N–H and O–H groups in total. The van der Waals surface area contributed by atoms with E-state index in [0.29, 0.717) is 6.54 Å². The third kappa shape index (κ3) is 6.60. The molecule has 0 saturated carbocycles. The number of amides is 2. The van der Waals surface area contributed by atoms with Gasteiger partial charge in [-0.3, -0.25) is 0 Å². The lowest BCUT2D eigenvalue weighted by atomic mass is 10.1. The molecular weight excluding hydrogens is 220 g/mol. The number of urea groups is 1. The molecule has 0 saturated heterocycles. The van der Waals surface area contributed by atoms with E-state index >= 15 is 0 Å². The van der Waals surface area contributed by atoms with Gasteiger partial charge in [0.05, 0.1) is 0 Å². The number of carbonyl (C=O) groups is 2. The minimum absolute atomic E-state index is 0.343. The van der Waals surface area contributed by atoms with Crippen LogP contribution in [0.5, 0.6) is 0 Å². The SMILES string of the molecule is C=CCNC(=O)NC(C)(C)C(=O)OC(C)(C)C. The van der Waals surface area contributed by atoms with Gasteiger partial charge in [-0.05, 0) is 34.6 Å². The van der Waals surface area contributed by atoms with Gasteiger partial charge in [-0.2, -0.15) is 0 Å². The van der Waals surface area contributed by atoms with Crippen molar-refractivity contribution in [3.8, 4) is 0 Å². The Kier molecular flexibility index (Phi) is 5.19. The Morgan fingerprint density at radius 1 is 1.24 bits per heavy atom. The molecule has 0 unspecified atom stereocenters. The molecule has 0 aromatic carbocycles. The summed E-state index contributed by atoms with van der Waals surface area (Å²) < 4.78 is 5.21. The number of nitrogens with one attached hydrogen (secondary N) is 2. The predicted molar refractivity (Wildman–Crippen MR) is 66.7 cm³/mol. The van der Waals surface area contributed by atoms with Crippen LogP contribution < -0.4 is 10.6 Å². The third-order valence-corrected chi connectivity index (χ3v) is 1.74. The van der Waals surface area contributed by atoms with E-state index in [2.05, 4.69) is 17.2 Å². The van der Waals surface area contributed by atoms with Gasteiger partial charge in [0.25, 0.3) is 0 Å². The summed E-state index contributed by atoms with van der Waals surface area (Å²) in [6.45, 7) is 12.3. The minimum atomic E-state index is -1.07. The number of carbonyl (C=O) groups excluding carboxylic acids is 2. The van der Waals surface area contributed by atoms with Gasteiger partial charge in [-0.1, -0.05) is 6.08 Å². The Bertz CT molecular complexity index is 303. The minimum Gasteiger partial charge on any atom is -0.458 e. The highest BCUT2D eigenvalue weighted by Crippen LogP contribution is 2.13. The number of rotatable bonds is 4. The average molecular weight is 242 g/mol. The number of esters is 1. The summed E-state index contributed by atoms with van der Waals surface area (Å²) in [6.07, 6.45) is 1.56. The van der Waals surface area contributed by atoms with Gasteiger partial charge >= 0.3 is 12.0 Å². The van der Waals surface area contributed by atoms with E-state index in [1.54, 1.807) is 40.7 Å². The van der Waals surface area contributed by atoms with Gasteiger partial charge in [0.1, 0.15) is 11.1 Å². The van der Waals surface area contributed by atoms with Crippen LogP contribution >= 0.6 is 0 Å². The first-order valence-corrected chi connectivity index (χ1v) is 5.49. The molecule has 5 nitrogen and oxygen atoms in total. The van der Waals surface area contributed by atoms with Gasteiger partial charge in [0, 0.05) is 6.54 Å². The molecule has 98 valence electrons. The Hall–Kier alpha value is -1.52. The van der Waals surface area contributed by atoms with Gasteiger partial charge < -0.3 is 15.4 Å². The Morgan fingerprint density at radius 3 is 2.18 bits per heavy atom. The van der Waals surface area contributed by atoms with Crippen LogP contribution in [-0.2, 0) is 9.53 Å². The summed E-state index contributed by atoms with van der Waals surface area (Å²) in [7, 11) is 0. The van der Waals surface area contributed by atoms with Crippen molar-refractivity contribution in [2.24, 2.45) is 0 Å². The summed E-state index contributed by atoms with van der Waals surface area (Å²) in [6, 6.07) is -0.430. The van der Waals surface area contributed by atoms with Gasteiger partial charge in [0.15, 0.2) is 0 Å². The molecule has 0 fully saturated rings. The third-order valence-electron chi connectivity index (χ3n) is 1.74. The highest BCUT2D eigenvalue weighted by molar-refractivity contribution is 5.86. The molecular formula is C12H22N2O3. The maximum absolute atomic E-state index is 11.8. The van der Waals surface area contributed by atoms with Crippen LogP contribution in [0.3, 0.4) is 0 Å². The maximum Gasteiger partial charge on any atom is 0.331 e. The largest absolute Gasteiger partial charge is 0.458 e. The second-order valence-corrected chi connectivity index (χ2v) is 5.25. The number of ether oxygens (including phenoxy) is 1. The van der Waals surface area contributed by atoms with E-state index in [0.717, 1.165) is 0 Å². The average Bonchev–Trinajstić information content (AvgIpc) is 2.11. The second-order valence-electron chi connectivity index (χ2n) is 5.25. The number of hydrogen-bond acceptors (Lipinski definition) is 3. The zero-order chi connectivity index (χ0) is 13.7. The molecule has 0 aliphatic rings. The summed E-state index contributed by atoms with van der Waals surface area (Å²) in [5, 5.41) is 5.07. The number of hydrogen-bond donors (Lipinski definition) is 2. The molecule has 0 atom stereocenters. The summed E-state index contributed by atoms with van der Waals surface area (Å²) in [5.41, 5.74) is -1.65. The normalized spacial score (nSPS) is 11.6. The smallest absolute Gasteiger partial charge is 0.331 e. The maximum atomic E-state index is 11.8. The Labute approximate surface area is 103 Å². The second kappa shape index (κ2) is 5.70. The van der Waals surface area contributed by atoms with E-state index in [9.17, 15) is 9.59 Å². The molecule has 0 radical (unpaired) electrons. The van der Waals surface area contributed by atoms with Crippen molar-refractivity contribution >= 4 is 12.0 Å². The van der Waals surface area contributed by atoms with Crippen molar-refractivity contribution in [2.45, 2.75) is 45.8 Å². The highest BCUT2D eigenvalue weighted by atomic mass is 16.6. The summed E-state index contributed by atoms with van der Waals surface area (Å²) in [4.78, 5) is 23.2. The zero-order valence-electron chi connectivity index (χ0n) is 11.2. The monoisotopic (exact) mass is 242 g/mol. The first kappa shape index (κ1) is 15.5. The fourth-order valence-corrected chi connectivity index (χ4v) is 0.950. The molecule has 0 aliphatic carbocycles. The topological polar surface area (TPSA) is 67.4 Å². The van der Waals surface area contributed by atoms with Crippen molar-refractivity contribution in [1.82, 2.24) is 10.6 Å². The first-order valence-electron chi connectivity index (χ1n) is 5.49. The molecule has 0 heterocycles. The van der Waals surface area contributed by atoms with Crippen molar-refractivity contribution in [1.29, 1.82) is 0 Å². The van der Waals surface area contributed by atoms with Crippen LogP contribution in [0.4, 0.5) is 4.79 Å². The van der Waals surface area contributed by atoms with Crippen LogP contribution in [0.2, 0.25) is 0 Å². The van der Waals surface area contributed by atoms with E-state index in [1.165, 1.54) is 0 Å². The van der Waals surface area contributed by atoms with E-state index < -0.39 is 23.1 Å². The van der Waals surface area contributed by atoms with Gasteiger partial charge in [-0.25, -0.2) is 9.59 Å². The Balaban J connectivity index is 4.41. The molecule has 5 heteroatoms. The molecule has 2 amide bonds.